The number of ketones is 2. The Balaban J connectivity index is 1.95. The molecule has 0 bridgehead atoms. The molecule has 0 radical (unpaired) electrons. The molecule has 0 heterocycles. The average molecular weight is 499 g/mol. The number of Topliss-reactive ketones (excluding diaryl/α,β-unsaturated/α-hetero) is 1. The Labute approximate surface area is 216 Å². The van der Waals surface area contributed by atoms with Gasteiger partial charge in [-0.2, -0.15) is 0 Å². The summed E-state index contributed by atoms with van der Waals surface area (Å²) in [5, 5.41) is 0. The first kappa shape index (κ1) is 26.0. The third-order valence-electron chi connectivity index (χ3n) is 6.14. The zero-order valence-corrected chi connectivity index (χ0v) is 21.9. The van der Waals surface area contributed by atoms with Crippen LogP contribution in [0.15, 0.2) is 66.7 Å². The van der Waals surface area contributed by atoms with Gasteiger partial charge in [0, 0.05) is 5.56 Å². The summed E-state index contributed by atoms with van der Waals surface area (Å²) in [6, 6.07) is 18.6. The average Bonchev–Trinajstić information content (AvgIpc) is 2.83. The molecular formula is C31H30O6. The molecule has 0 saturated heterocycles. The van der Waals surface area contributed by atoms with Crippen molar-refractivity contribution in [3.8, 4) is 11.5 Å². The topological polar surface area (TPSA) is 86.7 Å². The fourth-order valence-electron chi connectivity index (χ4n) is 4.08. The van der Waals surface area contributed by atoms with Crippen LogP contribution in [0, 0.1) is 10.8 Å². The number of ether oxygens (including phenoxy) is 2. The van der Waals surface area contributed by atoms with Crippen molar-refractivity contribution in [3.05, 3.63) is 94.5 Å². The Morgan fingerprint density at radius 3 is 1.46 bits per heavy atom. The van der Waals surface area contributed by atoms with Crippen LogP contribution in [0.1, 0.15) is 84.9 Å². The summed E-state index contributed by atoms with van der Waals surface area (Å²) in [5.74, 6) is -2.47. The molecule has 0 unspecified atom stereocenters. The number of carbonyl (C=O) groups is 4. The zero-order chi connectivity index (χ0) is 27.1. The zero-order valence-electron chi connectivity index (χ0n) is 21.9. The SMILES string of the molecule is CC(C)(C)C(=O)Oc1cccc2c1C(=O)c1c(OC(=O)C(C)(C)C)cccc1C2C(=O)c1ccccc1. The summed E-state index contributed by atoms with van der Waals surface area (Å²) < 4.78 is 11.4. The van der Waals surface area contributed by atoms with Crippen LogP contribution in [0.25, 0.3) is 0 Å². The van der Waals surface area contributed by atoms with Crippen LogP contribution in [0.3, 0.4) is 0 Å². The number of benzene rings is 3. The standard InChI is InChI=1S/C31H30O6/c1-30(2,3)28(34)36-21-16-10-14-19-23(26(32)18-12-8-7-9-13-18)20-15-11-17-22(25(20)27(33)24(19)21)37-29(35)31(4,5)6/h7-17,23H,1-6H3. The van der Waals surface area contributed by atoms with Gasteiger partial charge in [-0.3, -0.25) is 19.2 Å². The number of fused-ring (bicyclic) bond motifs is 2. The predicted molar refractivity (Wildman–Crippen MR) is 139 cm³/mol. The van der Waals surface area contributed by atoms with Crippen LogP contribution in [0.2, 0.25) is 0 Å². The van der Waals surface area contributed by atoms with E-state index in [4.69, 9.17) is 9.47 Å². The van der Waals surface area contributed by atoms with Crippen LogP contribution in [-0.4, -0.2) is 23.5 Å². The van der Waals surface area contributed by atoms with E-state index in [9.17, 15) is 19.2 Å². The maximum Gasteiger partial charge on any atom is 0.316 e. The minimum atomic E-state index is -0.869. The van der Waals surface area contributed by atoms with Gasteiger partial charge in [-0.15, -0.1) is 0 Å². The van der Waals surface area contributed by atoms with Gasteiger partial charge in [0.25, 0.3) is 0 Å². The minimum absolute atomic E-state index is 0.0656. The van der Waals surface area contributed by atoms with Gasteiger partial charge in [0.2, 0.25) is 5.78 Å². The van der Waals surface area contributed by atoms with Gasteiger partial charge in [-0.1, -0.05) is 54.6 Å². The van der Waals surface area contributed by atoms with E-state index >= 15 is 0 Å². The molecule has 0 spiro atoms. The van der Waals surface area contributed by atoms with Crippen molar-refractivity contribution in [1.82, 2.24) is 0 Å². The van der Waals surface area contributed by atoms with Crippen molar-refractivity contribution in [2.24, 2.45) is 10.8 Å². The summed E-state index contributed by atoms with van der Waals surface area (Å²) in [4.78, 5) is 53.4. The van der Waals surface area contributed by atoms with Gasteiger partial charge in [0.1, 0.15) is 11.5 Å². The number of rotatable bonds is 4. The molecule has 0 saturated carbocycles. The van der Waals surface area contributed by atoms with Crippen molar-refractivity contribution >= 4 is 23.5 Å². The lowest BCUT2D eigenvalue weighted by Crippen LogP contribution is -2.30. The second-order valence-electron chi connectivity index (χ2n) is 11.2. The normalized spacial score (nSPS) is 13.4. The molecule has 0 N–H and O–H groups in total. The highest BCUT2D eigenvalue weighted by molar-refractivity contribution is 6.20. The Morgan fingerprint density at radius 2 is 1.05 bits per heavy atom. The summed E-state index contributed by atoms with van der Waals surface area (Å²) in [5.41, 5.74) is -0.0688. The van der Waals surface area contributed by atoms with Gasteiger partial charge >= 0.3 is 11.9 Å². The van der Waals surface area contributed by atoms with Crippen molar-refractivity contribution in [3.63, 3.8) is 0 Å². The van der Waals surface area contributed by atoms with Gasteiger partial charge < -0.3 is 9.47 Å². The third-order valence-corrected chi connectivity index (χ3v) is 6.14. The molecule has 0 aromatic heterocycles. The van der Waals surface area contributed by atoms with E-state index < -0.39 is 34.5 Å². The molecule has 0 fully saturated rings. The number of hydrogen-bond donors (Lipinski definition) is 0. The lowest BCUT2D eigenvalue weighted by atomic mass is 9.73. The van der Waals surface area contributed by atoms with E-state index in [0.717, 1.165) is 0 Å². The van der Waals surface area contributed by atoms with Crippen molar-refractivity contribution in [2.75, 3.05) is 0 Å². The molecule has 0 atom stereocenters. The van der Waals surface area contributed by atoms with Gasteiger partial charge in [0.05, 0.1) is 27.9 Å². The van der Waals surface area contributed by atoms with E-state index in [2.05, 4.69) is 0 Å². The van der Waals surface area contributed by atoms with Crippen molar-refractivity contribution < 1.29 is 28.7 Å². The summed E-state index contributed by atoms with van der Waals surface area (Å²) in [6.45, 7) is 10.3. The minimum Gasteiger partial charge on any atom is -0.425 e. The van der Waals surface area contributed by atoms with Crippen LogP contribution in [0.5, 0.6) is 11.5 Å². The molecule has 0 aliphatic heterocycles. The molecule has 0 amide bonds. The molecule has 4 rings (SSSR count). The van der Waals surface area contributed by atoms with Gasteiger partial charge in [0.15, 0.2) is 5.78 Å². The lowest BCUT2D eigenvalue weighted by molar-refractivity contribution is -0.143. The van der Waals surface area contributed by atoms with E-state index in [1.54, 1.807) is 102 Å². The lowest BCUT2D eigenvalue weighted by Gasteiger charge is -2.30. The summed E-state index contributed by atoms with van der Waals surface area (Å²) in [7, 11) is 0. The highest BCUT2D eigenvalue weighted by atomic mass is 16.5. The molecule has 6 heteroatoms. The third kappa shape index (κ3) is 4.96. The fraction of sp³-hybridized carbons (Fsp3) is 0.290. The number of esters is 2. The molecule has 1 aliphatic rings. The Kier molecular flexibility index (Phi) is 6.63. The molecular weight excluding hydrogens is 468 g/mol. The first-order valence-electron chi connectivity index (χ1n) is 12.1. The molecule has 37 heavy (non-hydrogen) atoms. The quantitative estimate of drug-likeness (QED) is 0.244. The first-order chi connectivity index (χ1) is 17.3. The largest absolute Gasteiger partial charge is 0.425 e. The molecule has 3 aromatic carbocycles. The molecule has 1 aliphatic carbocycles. The molecule has 3 aromatic rings. The second kappa shape index (κ2) is 9.43. The Hall–Kier alpha value is -4.06. The highest BCUT2D eigenvalue weighted by Crippen LogP contribution is 2.45. The van der Waals surface area contributed by atoms with Crippen molar-refractivity contribution in [1.29, 1.82) is 0 Å². The van der Waals surface area contributed by atoms with Crippen LogP contribution < -0.4 is 9.47 Å². The van der Waals surface area contributed by atoms with E-state index in [0.29, 0.717) is 16.7 Å². The number of carbonyl (C=O) groups excluding carboxylic acids is 4. The summed E-state index contributed by atoms with van der Waals surface area (Å²) >= 11 is 0. The first-order valence-corrected chi connectivity index (χ1v) is 12.1. The fourth-order valence-corrected chi connectivity index (χ4v) is 4.08. The van der Waals surface area contributed by atoms with E-state index in [1.807, 2.05) is 6.07 Å². The van der Waals surface area contributed by atoms with Crippen LogP contribution in [-0.2, 0) is 9.59 Å². The Morgan fingerprint density at radius 1 is 0.622 bits per heavy atom. The predicted octanol–water partition coefficient (Wildman–Crippen LogP) is 6.15. The van der Waals surface area contributed by atoms with Crippen molar-refractivity contribution in [2.45, 2.75) is 47.5 Å². The molecule has 6 nitrogen and oxygen atoms in total. The smallest absolute Gasteiger partial charge is 0.316 e. The monoisotopic (exact) mass is 498 g/mol. The maximum atomic E-state index is 14.0. The number of hydrogen-bond acceptors (Lipinski definition) is 6. The highest BCUT2D eigenvalue weighted by Gasteiger charge is 2.41. The van der Waals surface area contributed by atoms with Crippen LogP contribution in [0.4, 0.5) is 0 Å². The Bertz CT molecular complexity index is 1320. The second-order valence-corrected chi connectivity index (χ2v) is 11.2. The molecule has 190 valence electrons. The maximum absolute atomic E-state index is 14.0. The van der Waals surface area contributed by atoms with Crippen LogP contribution >= 0.6 is 0 Å². The van der Waals surface area contributed by atoms with E-state index in [1.165, 1.54) is 0 Å². The summed E-state index contributed by atoms with van der Waals surface area (Å²) in [6.07, 6.45) is 0. The van der Waals surface area contributed by atoms with Gasteiger partial charge in [-0.25, -0.2) is 0 Å². The van der Waals surface area contributed by atoms with E-state index in [-0.39, 0.29) is 28.4 Å². The van der Waals surface area contributed by atoms with Gasteiger partial charge in [-0.05, 0) is 64.8 Å².